The average molecular weight is 533 g/mol. The molecule has 0 fully saturated rings. The van der Waals surface area contributed by atoms with E-state index in [1.165, 1.54) is 0 Å². The van der Waals surface area contributed by atoms with Crippen LogP contribution in [0.5, 0.6) is 0 Å². The molecule has 38 heavy (non-hydrogen) atoms. The standard InChI is InChI=1S/C26H40N6O6/c1-15(2)11-18(28)23(34)30-20(9-5-6-10-27)24(35)32-22(14-33)25(36)31-21(26(37)38)12-16-13-29-19-8-4-3-7-17(16)19/h3-4,7-8,13,15,18,20-22,29,33H,5-6,9-12,14,27-28H2,1-2H3,(H,30,34)(H,31,36)(H,32,35)(H,37,38). The van der Waals surface area contributed by atoms with E-state index in [4.69, 9.17) is 11.5 Å². The molecule has 0 aliphatic rings. The van der Waals surface area contributed by atoms with Gasteiger partial charge >= 0.3 is 5.97 Å². The molecule has 10 N–H and O–H groups in total. The van der Waals surface area contributed by atoms with Crippen LogP contribution in [0.2, 0.25) is 0 Å². The molecule has 210 valence electrons. The number of rotatable bonds is 16. The van der Waals surface area contributed by atoms with Crippen molar-refractivity contribution in [2.24, 2.45) is 17.4 Å². The van der Waals surface area contributed by atoms with Crippen molar-refractivity contribution in [1.29, 1.82) is 0 Å². The van der Waals surface area contributed by atoms with Crippen LogP contribution in [0.4, 0.5) is 0 Å². The average Bonchev–Trinajstić information content (AvgIpc) is 3.28. The molecule has 12 heteroatoms. The number of carboxylic acid groups (broad SMARTS) is 1. The van der Waals surface area contributed by atoms with Crippen LogP contribution in [0.1, 0.15) is 45.1 Å². The fourth-order valence-electron chi connectivity index (χ4n) is 4.11. The van der Waals surface area contributed by atoms with Gasteiger partial charge in [0.15, 0.2) is 0 Å². The molecule has 0 spiro atoms. The van der Waals surface area contributed by atoms with Gasteiger partial charge in [-0.15, -0.1) is 0 Å². The number of amides is 3. The number of fused-ring (bicyclic) bond motifs is 1. The first-order valence-corrected chi connectivity index (χ1v) is 12.8. The first-order chi connectivity index (χ1) is 18.1. The molecule has 12 nitrogen and oxygen atoms in total. The largest absolute Gasteiger partial charge is 0.480 e. The summed E-state index contributed by atoms with van der Waals surface area (Å²) < 4.78 is 0. The van der Waals surface area contributed by atoms with E-state index in [2.05, 4.69) is 20.9 Å². The Hall–Kier alpha value is -3.48. The second-order valence-corrected chi connectivity index (χ2v) is 9.79. The molecule has 0 aliphatic carbocycles. The number of benzene rings is 1. The first kappa shape index (κ1) is 30.7. The van der Waals surface area contributed by atoms with Crippen LogP contribution in [-0.2, 0) is 25.6 Å². The Bertz CT molecular complexity index is 1090. The first-order valence-electron chi connectivity index (χ1n) is 12.8. The zero-order valence-corrected chi connectivity index (χ0v) is 21.9. The van der Waals surface area contributed by atoms with Gasteiger partial charge in [0.25, 0.3) is 0 Å². The lowest BCUT2D eigenvalue weighted by Gasteiger charge is -2.24. The zero-order valence-electron chi connectivity index (χ0n) is 21.9. The molecule has 0 saturated heterocycles. The van der Waals surface area contributed by atoms with Crippen molar-refractivity contribution in [2.45, 2.75) is 70.1 Å². The predicted molar refractivity (Wildman–Crippen MR) is 143 cm³/mol. The van der Waals surface area contributed by atoms with Gasteiger partial charge in [-0.25, -0.2) is 4.79 Å². The van der Waals surface area contributed by atoms with Crippen LogP contribution < -0.4 is 27.4 Å². The van der Waals surface area contributed by atoms with Crippen molar-refractivity contribution in [3.8, 4) is 0 Å². The molecule has 3 amide bonds. The number of hydrogen-bond acceptors (Lipinski definition) is 7. The highest BCUT2D eigenvalue weighted by Gasteiger charge is 2.30. The van der Waals surface area contributed by atoms with Crippen LogP contribution in [0.15, 0.2) is 30.5 Å². The van der Waals surface area contributed by atoms with Crippen molar-refractivity contribution >= 4 is 34.6 Å². The minimum Gasteiger partial charge on any atom is -0.480 e. The lowest BCUT2D eigenvalue weighted by Crippen LogP contribution is -2.58. The van der Waals surface area contributed by atoms with E-state index < -0.39 is 54.5 Å². The number of carbonyl (C=O) groups is 4. The fourth-order valence-corrected chi connectivity index (χ4v) is 4.11. The Morgan fingerprint density at radius 3 is 2.21 bits per heavy atom. The summed E-state index contributed by atoms with van der Waals surface area (Å²) in [6.45, 7) is 3.48. The SMILES string of the molecule is CC(C)CC(N)C(=O)NC(CCCCN)C(=O)NC(CO)C(=O)NC(Cc1c[nH]c2ccccc12)C(=O)O. The monoisotopic (exact) mass is 532 g/mol. The lowest BCUT2D eigenvalue weighted by atomic mass is 10.0. The zero-order chi connectivity index (χ0) is 28.2. The molecule has 4 atom stereocenters. The van der Waals surface area contributed by atoms with Crippen LogP contribution in [0.25, 0.3) is 10.9 Å². The molecule has 0 radical (unpaired) electrons. The Labute approximate surface area is 221 Å². The van der Waals surface area contributed by atoms with E-state index in [0.717, 1.165) is 10.9 Å². The third-order valence-corrected chi connectivity index (χ3v) is 6.17. The molecule has 0 saturated carbocycles. The third kappa shape index (κ3) is 9.12. The summed E-state index contributed by atoms with van der Waals surface area (Å²) >= 11 is 0. The van der Waals surface area contributed by atoms with Crippen LogP contribution in [-0.4, -0.2) is 76.2 Å². The number of aromatic nitrogens is 1. The third-order valence-electron chi connectivity index (χ3n) is 6.17. The minimum absolute atomic E-state index is 0.0112. The molecule has 2 rings (SSSR count). The molecule has 0 bridgehead atoms. The maximum atomic E-state index is 13.0. The number of unbranched alkanes of at least 4 members (excludes halogenated alkanes) is 1. The quantitative estimate of drug-likeness (QED) is 0.135. The van der Waals surface area contributed by atoms with E-state index >= 15 is 0 Å². The molecular weight excluding hydrogens is 492 g/mol. The highest BCUT2D eigenvalue weighted by molar-refractivity contribution is 5.94. The van der Waals surface area contributed by atoms with Crippen molar-refractivity contribution in [3.63, 3.8) is 0 Å². The maximum Gasteiger partial charge on any atom is 0.326 e. The summed E-state index contributed by atoms with van der Waals surface area (Å²) in [6, 6.07) is 2.81. The molecule has 0 aliphatic heterocycles. The maximum absolute atomic E-state index is 13.0. The van der Waals surface area contributed by atoms with Gasteiger partial charge in [-0.1, -0.05) is 32.0 Å². The van der Waals surface area contributed by atoms with Gasteiger partial charge in [-0.2, -0.15) is 0 Å². The molecule has 2 aromatic rings. The number of hydrogen-bond donors (Lipinski definition) is 8. The van der Waals surface area contributed by atoms with Crippen molar-refractivity contribution in [1.82, 2.24) is 20.9 Å². The summed E-state index contributed by atoms with van der Waals surface area (Å²) in [4.78, 5) is 53.4. The molecule has 1 heterocycles. The van der Waals surface area contributed by atoms with Crippen molar-refractivity contribution < 1.29 is 29.4 Å². The van der Waals surface area contributed by atoms with Gasteiger partial charge in [0.05, 0.1) is 12.6 Å². The second kappa shape index (κ2) is 15.1. The molecule has 1 aromatic heterocycles. The highest BCUT2D eigenvalue weighted by atomic mass is 16.4. The fraction of sp³-hybridized carbons (Fsp3) is 0.538. The van der Waals surface area contributed by atoms with Gasteiger partial charge in [0.1, 0.15) is 18.1 Å². The van der Waals surface area contributed by atoms with Crippen molar-refractivity contribution in [3.05, 3.63) is 36.0 Å². The molecule has 1 aromatic carbocycles. The number of carboxylic acids is 1. The van der Waals surface area contributed by atoms with Crippen LogP contribution >= 0.6 is 0 Å². The number of aromatic amines is 1. The van der Waals surface area contributed by atoms with Crippen molar-refractivity contribution in [2.75, 3.05) is 13.2 Å². The predicted octanol–water partition coefficient (Wildman–Crippen LogP) is -0.256. The Balaban J connectivity index is 2.08. The van der Waals surface area contributed by atoms with Gasteiger partial charge in [0.2, 0.25) is 17.7 Å². The summed E-state index contributed by atoms with van der Waals surface area (Å²) in [5.74, 6) is -3.14. The number of carbonyl (C=O) groups excluding carboxylic acids is 3. The van der Waals surface area contributed by atoms with E-state index in [9.17, 15) is 29.4 Å². The molecule has 4 unspecified atom stereocenters. The normalized spacial score (nSPS) is 14.5. The number of nitrogens with two attached hydrogens (primary N) is 2. The van der Waals surface area contributed by atoms with Gasteiger partial charge in [-0.05, 0) is 49.8 Å². The Morgan fingerprint density at radius 1 is 0.947 bits per heavy atom. The summed E-state index contributed by atoms with van der Waals surface area (Å²) in [5.41, 5.74) is 13.0. The Kier molecular flexibility index (Phi) is 12.2. The number of H-pyrrole nitrogens is 1. The minimum atomic E-state index is -1.43. The second-order valence-electron chi connectivity index (χ2n) is 9.79. The number of nitrogens with one attached hydrogen (secondary N) is 4. The van der Waals surface area contributed by atoms with Crippen LogP contribution in [0.3, 0.4) is 0 Å². The number of aliphatic carboxylic acids is 1. The number of para-hydroxylation sites is 1. The number of aliphatic hydroxyl groups excluding tert-OH is 1. The van der Waals surface area contributed by atoms with E-state index in [1.807, 2.05) is 38.1 Å². The van der Waals surface area contributed by atoms with Crippen LogP contribution in [0, 0.1) is 5.92 Å². The molecular formula is C26H40N6O6. The lowest BCUT2D eigenvalue weighted by molar-refractivity contribution is -0.142. The van der Waals surface area contributed by atoms with E-state index in [-0.39, 0.29) is 18.8 Å². The van der Waals surface area contributed by atoms with Gasteiger partial charge in [0, 0.05) is 23.5 Å². The topological polar surface area (TPSA) is 213 Å². The van der Waals surface area contributed by atoms with E-state index in [0.29, 0.717) is 31.4 Å². The summed E-state index contributed by atoms with van der Waals surface area (Å²) in [5, 5.41) is 27.8. The van der Waals surface area contributed by atoms with Gasteiger partial charge in [-0.3, -0.25) is 14.4 Å². The van der Waals surface area contributed by atoms with E-state index in [1.54, 1.807) is 6.20 Å². The Morgan fingerprint density at radius 2 is 1.58 bits per heavy atom. The van der Waals surface area contributed by atoms with Gasteiger partial charge < -0.3 is 42.6 Å². The number of aliphatic hydroxyl groups is 1. The smallest absolute Gasteiger partial charge is 0.326 e. The summed E-state index contributed by atoms with van der Waals surface area (Å²) in [7, 11) is 0. The summed E-state index contributed by atoms with van der Waals surface area (Å²) in [6.07, 6.45) is 3.50. The highest BCUT2D eigenvalue weighted by Crippen LogP contribution is 2.19.